The zero-order chi connectivity index (χ0) is 42.3. The highest BCUT2D eigenvalue weighted by atomic mass is 127. The largest absolute Gasteiger partial charge is 0.493 e. The SMILES string of the molecule is C.C.COc1ccc2c3c1O[C@H]1C[C@@H](O)C=C[C@@]31CCN(CCCCCC(=O)c1cc3c4c(c1)CC(=O)N4CCC3)C2.O=C(CCCCCI)c1cc2c3c(c1)CC(=O)N3CCC2. The summed E-state index contributed by atoms with van der Waals surface area (Å²) in [6.45, 7) is 4.46. The van der Waals surface area contributed by atoms with Crippen LogP contribution in [0.3, 0.4) is 0 Å². The fourth-order valence-corrected chi connectivity index (χ4v) is 11.6. The fourth-order valence-electron chi connectivity index (χ4n) is 11.1. The van der Waals surface area contributed by atoms with Crippen molar-refractivity contribution in [3.05, 3.63) is 93.1 Å². The molecule has 0 fully saturated rings. The Morgan fingerprint density at radius 1 is 0.794 bits per heavy atom. The number of aliphatic hydroxyl groups excluding tert-OH is 1. The summed E-state index contributed by atoms with van der Waals surface area (Å²) in [5.74, 6) is 2.41. The van der Waals surface area contributed by atoms with Crippen LogP contribution in [0.5, 0.6) is 11.5 Å². The highest BCUT2D eigenvalue weighted by molar-refractivity contribution is 14.1. The molecule has 1 N–H and O–H groups in total. The monoisotopic (exact) mass is 971 g/mol. The molecular formula is C52H66IN3O7. The Kier molecular flexibility index (Phi) is 14.9. The van der Waals surface area contributed by atoms with E-state index in [4.69, 9.17) is 9.47 Å². The lowest BCUT2D eigenvalue weighted by Gasteiger charge is -2.35. The molecule has 7 aliphatic rings. The number of aliphatic hydroxyl groups is 1. The van der Waals surface area contributed by atoms with Crippen molar-refractivity contribution in [2.75, 3.05) is 47.5 Å². The minimum absolute atomic E-state index is 0. The third-order valence-electron chi connectivity index (χ3n) is 14.1. The van der Waals surface area contributed by atoms with Gasteiger partial charge in [-0.2, -0.15) is 0 Å². The molecule has 10 rings (SSSR count). The number of carbonyl (C=O) groups excluding carboxylic acids is 4. The number of aryl methyl sites for hydroxylation is 2. The van der Waals surface area contributed by atoms with Crippen molar-refractivity contribution in [1.29, 1.82) is 0 Å². The van der Waals surface area contributed by atoms with Gasteiger partial charge in [0.2, 0.25) is 11.8 Å². The summed E-state index contributed by atoms with van der Waals surface area (Å²) in [6.07, 6.45) is 17.4. The van der Waals surface area contributed by atoms with Gasteiger partial charge in [-0.25, -0.2) is 0 Å². The normalized spacial score (nSPS) is 22.0. The second-order valence-corrected chi connectivity index (χ2v) is 19.1. The van der Waals surface area contributed by atoms with E-state index < -0.39 is 6.10 Å². The summed E-state index contributed by atoms with van der Waals surface area (Å²) >= 11 is 2.37. The Hall–Kier alpha value is -4.07. The standard InChI is InChI=1S/C33H38N2O5.C17H20INO2.2CH4/c1-39-27-9-8-22-20-34(15-12-33-11-10-25(36)19-28(33)40-32(27)30(22)33)13-4-2-3-7-26(37)23-16-21-6-5-14-35-29(38)18-24(17-23)31(21)35;18-7-3-1-2-6-15(20)13-9-12-5-4-8-19-16(21)11-14(10-13)17(12)19;;/h8-11,16-17,25,28,36H,2-7,12-15,18-20H2,1H3;9-10H,1-8,11H2;2*1H4/t25-,28-,33-;;;/m0.../s1. The number of ether oxygens (including phenoxy) is 2. The van der Waals surface area contributed by atoms with Gasteiger partial charge in [0, 0.05) is 55.6 Å². The number of ketones is 2. The summed E-state index contributed by atoms with van der Waals surface area (Å²) < 4.78 is 13.2. The smallest absolute Gasteiger partial charge is 0.231 e. The summed E-state index contributed by atoms with van der Waals surface area (Å²) in [5.41, 5.74) is 10.6. The molecule has 0 radical (unpaired) electrons. The average Bonchev–Trinajstić information content (AvgIpc) is 3.86. The number of rotatable bonds is 14. The van der Waals surface area contributed by atoms with E-state index in [0.717, 1.165) is 146 Å². The lowest BCUT2D eigenvalue weighted by atomic mass is 9.69. The van der Waals surface area contributed by atoms with E-state index in [-0.39, 0.29) is 49.8 Å². The number of carbonyl (C=O) groups is 4. The Morgan fingerprint density at radius 2 is 1.38 bits per heavy atom. The second-order valence-electron chi connectivity index (χ2n) is 18.1. The first-order valence-electron chi connectivity index (χ1n) is 22.7. The Bertz CT molecular complexity index is 2270. The number of amides is 2. The molecule has 6 aliphatic heterocycles. The van der Waals surface area contributed by atoms with Crippen LogP contribution in [-0.2, 0) is 47.2 Å². The molecule has 0 saturated carbocycles. The van der Waals surface area contributed by atoms with E-state index in [1.165, 1.54) is 28.7 Å². The van der Waals surface area contributed by atoms with Gasteiger partial charge in [-0.3, -0.25) is 24.1 Å². The molecule has 2 amide bonds. The summed E-state index contributed by atoms with van der Waals surface area (Å²) in [5, 5.41) is 10.3. The van der Waals surface area contributed by atoms with Crippen LogP contribution in [0.25, 0.3) is 0 Å². The number of alkyl halides is 1. The lowest BCUT2D eigenvalue weighted by molar-refractivity contribution is -0.118. The molecule has 1 aliphatic carbocycles. The molecule has 63 heavy (non-hydrogen) atoms. The minimum atomic E-state index is -0.473. The highest BCUT2D eigenvalue weighted by Crippen LogP contribution is 2.56. The van der Waals surface area contributed by atoms with Gasteiger partial charge in [0.05, 0.1) is 42.8 Å². The van der Waals surface area contributed by atoms with Crippen LogP contribution in [0.1, 0.15) is 146 Å². The molecule has 10 nitrogen and oxygen atoms in total. The van der Waals surface area contributed by atoms with Gasteiger partial charge in [-0.1, -0.05) is 68.5 Å². The molecule has 0 saturated heterocycles. The maximum atomic E-state index is 13.1. The van der Waals surface area contributed by atoms with Crippen LogP contribution in [0, 0.1) is 0 Å². The van der Waals surface area contributed by atoms with Gasteiger partial charge in [0.1, 0.15) is 6.10 Å². The number of hydrogen-bond acceptors (Lipinski definition) is 8. The molecule has 0 unspecified atom stereocenters. The van der Waals surface area contributed by atoms with Crippen LogP contribution < -0.4 is 19.3 Å². The molecule has 3 aromatic carbocycles. The second kappa shape index (κ2) is 20.0. The van der Waals surface area contributed by atoms with Crippen molar-refractivity contribution in [2.45, 2.75) is 142 Å². The zero-order valence-electron chi connectivity index (χ0n) is 35.4. The maximum absolute atomic E-state index is 13.1. The van der Waals surface area contributed by atoms with Crippen LogP contribution in [0.15, 0.2) is 48.6 Å². The van der Waals surface area contributed by atoms with E-state index in [1.54, 1.807) is 7.11 Å². The quantitative estimate of drug-likeness (QED) is 0.0559. The molecule has 3 atom stereocenters. The maximum Gasteiger partial charge on any atom is 0.231 e. The van der Waals surface area contributed by atoms with Gasteiger partial charge < -0.3 is 24.4 Å². The van der Waals surface area contributed by atoms with E-state index in [9.17, 15) is 24.3 Å². The first-order chi connectivity index (χ1) is 29.7. The van der Waals surface area contributed by atoms with Crippen molar-refractivity contribution in [1.82, 2.24) is 4.90 Å². The zero-order valence-corrected chi connectivity index (χ0v) is 37.6. The van der Waals surface area contributed by atoms with Crippen LogP contribution >= 0.6 is 22.6 Å². The fraction of sp³-hybridized carbons (Fsp3) is 0.538. The van der Waals surface area contributed by atoms with Crippen molar-refractivity contribution < 1.29 is 33.8 Å². The van der Waals surface area contributed by atoms with Crippen LogP contribution in [-0.4, -0.2) is 83.3 Å². The number of Topliss-reactive ketones (excluding diaryl/α,β-unsaturated/α-hetero) is 2. The molecule has 0 aromatic heterocycles. The number of halogens is 1. The summed E-state index contributed by atoms with van der Waals surface area (Å²) in [7, 11) is 1.68. The van der Waals surface area contributed by atoms with Gasteiger partial charge in [-0.05, 0) is 133 Å². The van der Waals surface area contributed by atoms with Crippen molar-refractivity contribution in [3.63, 3.8) is 0 Å². The van der Waals surface area contributed by atoms with Crippen LogP contribution in [0.2, 0.25) is 0 Å². The van der Waals surface area contributed by atoms with Crippen LogP contribution in [0.4, 0.5) is 11.4 Å². The number of unbranched alkanes of at least 4 members (excludes halogenated alkanes) is 4. The number of nitrogens with zero attached hydrogens (tertiary/aromatic N) is 3. The van der Waals surface area contributed by atoms with E-state index >= 15 is 0 Å². The number of benzene rings is 3. The first kappa shape index (κ1) is 46.9. The minimum Gasteiger partial charge on any atom is -0.493 e. The lowest BCUT2D eigenvalue weighted by Crippen LogP contribution is -2.43. The topological polar surface area (TPSA) is 117 Å². The first-order valence-corrected chi connectivity index (χ1v) is 24.2. The predicted octanol–water partition coefficient (Wildman–Crippen LogP) is 9.47. The molecule has 3 aromatic rings. The number of methoxy groups -OCH3 is 1. The third kappa shape index (κ3) is 9.12. The van der Waals surface area contributed by atoms with Crippen molar-refractivity contribution in [3.8, 4) is 11.5 Å². The molecule has 0 bridgehead atoms. The van der Waals surface area contributed by atoms with Gasteiger partial charge in [0.15, 0.2) is 23.1 Å². The number of hydrogen-bond donors (Lipinski definition) is 1. The van der Waals surface area contributed by atoms with Gasteiger partial charge in [0.25, 0.3) is 0 Å². The van der Waals surface area contributed by atoms with Crippen molar-refractivity contribution in [2.24, 2.45) is 0 Å². The van der Waals surface area contributed by atoms with E-state index in [2.05, 4.69) is 39.6 Å². The molecule has 11 heteroatoms. The summed E-state index contributed by atoms with van der Waals surface area (Å²) in [4.78, 5) is 56.1. The Balaban J connectivity index is 0.000000220. The Morgan fingerprint density at radius 3 is 1.97 bits per heavy atom. The molecule has 6 heterocycles. The molecule has 338 valence electrons. The average molecular weight is 972 g/mol. The van der Waals surface area contributed by atoms with Crippen molar-refractivity contribution >= 4 is 57.3 Å². The predicted molar refractivity (Wildman–Crippen MR) is 258 cm³/mol. The molecule has 1 spiro atoms. The third-order valence-corrected chi connectivity index (χ3v) is 14.9. The summed E-state index contributed by atoms with van der Waals surface area (Å²) in [6, 6.07) is 12.2. The van der Waals surface area contributed by atoms with E-state index in [0.29, 0.717) is 32.1 Å². The van der Waals surface area contributed by atoms with E-state index in [1.807, 2.05) is 46.2 Å². The van der Waals surface area contributed by atoms with Gasteiger partial charge >= 0.3 is 0 Å². The van der Waals surface area contributed by atoms with Gasteiger partial charge in [-0.15, -0.1) is 0 Å². The molecular weight excluding hydrogens is 905 g/mol. The highest BCUT2D eigenvalue weighted by Gasteiger charge is 2.52. The Labute approximate surface area is 387 Å². The number of anilines is 2.